The zero-order chi connectivity index (χ0) is 17.1. The molecule has 0 saturated carbocycles. The first-order chi connectivity index (χ1) is 11.5. The molecule has 138 valence electrons. The first-order valence-electron chi connectivity index (χ1n) is 8.19. The third-order valence-electron chi connectivity index (χ3n) is 4.21. The van der Waals surface area contributed by atoms with E-state index in [1.165, 1.54) is 11.3 Å². The second-order valence-electron chi connectivity index (χ2n) is 6.04. The lowest BCUT2D eigenvalue weighted by atomic mass is 10.2. The summed E-state index contributed by atoms with van der Waals surface area (Å²) < 4.78 is 6.39. The van der Waals surface area contributed by atoms with Crippen molar-refractivity contribution in [3.8, 4) is 0 Å². The zero-order valence-electron chi connectivity index (χ0n) is 14.5. The number of ether oxygens (including phenoxy) is 1. The molecule has 25 heavy (non-hydrogen) atoms. The van der Waals surface area contributed by atoms with Crippen molar-refractivity contribution in [2.24, 2.45) is 0 Å². The molecule has 0 bridgehead atoms. The van der Waals surface area contributed by atoms with Crippen LogP contribution in [-0.2, 0) is 9.53 Å². The van der Waals surface area contributed by atoms with Crippen LogP contribution in [0.1, 0.15) is 18.9 Å². The van der Waals surface area contributed by atoms with Crippen molar-refractivity contribution < 1.29 is 9.53 Å². The summed E-state index contributed by atoms with van der Waals surface area (Å²) in [6, 6.07) is 3.82. The summed E-state index contributed by atoms with van der Waals surface area (Å²) in [5.41, 5.74) is 1.97. The van der Waals surface area contributed by atoms with Gasteiger partial charge in [-0.05, 0) is 31.0 Å². The number of hydrogen-bond acceptors (Lipinski definition) is 5. The van der Waals surface area contributed by atoms with Crippen LogP contribution in [0.5, 0.6) is 0 Å². The number of thiazole rings is 1. The highest BCUT2D eigenvalue weighted by molar-refractivity contribution is 7.22. The molecule has 0 atom stereocenters. The monoisotopic (exact) mass is 403 g/mol. The number of nitrogens with zero attached hydrogens (tertiary/aromatic N) is 3. The van der Waals surface area contributed by atoms with Gasteiger partial charge < -0.3 is 4.74 Å². The number of rotatable bonds is 5. The smallest absolute Gasteiger partial charge is 0.225 e. The number of amides is 1. The van der Waals surface area contributed by atoms with E-state index in [-0.39, 0.29) is 18.3 Å². The molecule has 1 aromatic carbocycles. The van der Waals surface area contributed by atoms with Crippen LogP contribution in [-0.4, -0.2) is 55.2 Å². The molecular weight excluding hydrogens is 381 g/mol. The number of morpholine rings is 1. The maximum Gasteiger partial charge on any atom is 0.225 e. The third-order valence-corrected chi connectivity index (χ3v) is 5.45. The highest BCUT2D eigenvalue weighted by Crippen LogP contribution is 2.33. The first-order valence-corrected chi connectivity index (χ1v) is 9.39. The topological polar surface area (TPSA) is 45.7 Å². The first kappa shape index (κ1) is 20.4. The van der Waals surface area contributed by atoms with Crippen LogP contribution in [0, 0.1) is 6.92 Å². The fraction of sp³-hybridized carbons (Fsp3) is 0.529. The molecule has 1 aliphatic heterocycles. The minimum absolute atomic E-state index is 0. The lowest BCUT2D eigenvalue weighted by Gasteiger charge is -2.27. The van der Waals surface area contributed by atoms with Gasteiger partial charge in [0.15, 0.2) is 5.13 Å². The van der Waals surface area contributed by atoms with Crippen molar-refractivity contribution in [1.82, 2.24) is 9.88 Å². The fourth-order valence-electron chi connectivity index (χ4n) is 2.92. The molecular formula is C17H23Cl2N3O2S. The van der Waals surface area contributed by atoms with Crippen LogP contribution in [0.25, 0.3) is 10.2 Å². The molecule has 0 aliphatic carbocycles. The molecule has 1 aliphatic rings. The molecule has 3 rings (SSSR count). The summed E-state index contributed by atoms with van der Waals surface area (Å²) in [5, 5.41) is 1.46. The van der Waals surface area contributed by atoms with Gasteiger partial charge in [-0.25, -0.2) is 4.98 Å². The van der Waals surface area contributed by atoms with Crippen LogP contribution in [0.3, 0.4) is 0 Å². The summed E-state index contributed by atoms with van der Waals surface area (Å²) >= 11 is 7.65. The van der Waals surface area contributed by atoms with Crippen LogP contribution < -0.4 is 4.90 Å². The van der Waals surface area contributed by atoms with E-state index in [2.05, 4.69) is 9.88 Å². The Kier molecular flexibility index (Phi) is 7.46. The number of aromatic nitrogens is 1. The third kappa shape index (κ3) is 5.05. The fourth-order valence-corrected chi connectivity index (χ4v) is 4.41. The van der Waals surface area contributed by atoms with E-state index in [1.54, 1.807) is 11.8 Å². The van der Waals surface area contributed by atoms with Gasteiger partial charge in [0.25, 0.3) is 0 Å². The van der Waals surface area contributed by atoms with E-state index < -0.39 is 0 Å². The van der Waals surface area contributed by atoms with Gasteiger partial charge in [-0.3, -0.25) is 14.6 Å². The van der Waals surface area contributed by atoms with Gasteiger partial charge in [-0.1, -0.05) is 22.9 Å². The number of halogens is 2. The van der Waals surface area contributed by atoms with Crippen LogP contribution in [0.4, 0.5) is 5.13 Å². The molecule has 0 spiro atoms. The van der Waals surface area contributed by atoms with Crippen molar-refractivity contribution in [1.29, 1.82) is 0 Å². The molecule has 1 aromatic heterocycles. The molecule has 1 fully saturated rings. The molecule has 5 nitrogen and oxygen atoms in total. The van der Waals surface area contributed by atoms with Gasteiger partial charge in [0, 0.05) is 38.1 Å². The molecule has 0 unspecified atom stereocenters. The average Bonchev–Trinajstić information content (AvgIpc) is 2.96. The minimum atomic E-state index is 0. The summed E-state index contributed by atoms with van der Waals surface area (Å²) in [6.07, 6.45) is 0.926. The lowest BCUT2D eigenvalue weighted by Crippen LogP contribution is -2.38. The summed E-state index contributed by atoms with van der Waals surface area (Å²) in [5.74, 6) is 0.0276. The van der Waals surface area contributed by atoms with Gasteiger partial charge in [0.05, 0.1) is 23.4 Å². The molecule has 8 heteroatoms. The summed E-state index contributed by atoms with van der Waals surface area (Å²) in [7, 11) is 0. The molecule has 0 radical (unpaired) electrons. The number of aryl methyl sites for hydroxylation is 1. The van der Waals surface area contributed by atoms with E-state index in [9.17, 15) is 4.79 Å². The quantitative estimate of drug-likeness (QED) is 0.762. The number of fused-ring (bicyclic) bond motifs is 1. The normalized spacial score (nSPS) is 15.2. The maximum absolute atomic E-state index is 12.1. The van der Waals surface area contributed by atoms with Gasteiger partial charge in [-0.15, -0.1) is 12.4 Å². The van der Waals surface area contributed by atoms with E-state index in [0.29, 0.717) is 11.6 Å². The van der Waals surface area contributed by atoms with Crippen molar-refractivity contribution in [3.05, 3.63) is 22.7 Å². The standard InChI is InChI=1S/C17H22ClN3O2S.ClH/c1-12-10-14(18)11-15-16(12)19-17(24-15)21(13(2)22)5-3-4-20-6-8-23-9-7-20;/h10-11H,3-9H2,1-2H3;1H. The lowest BCUT2D eigenvalue weighted by molar-refractivity contribution is -0.116. The maximum atomic E-state index is 12.1. The predicted octanol–water partition coefficient (Wildman–Crippen LogP) is 3.76. The van der Waals surface area contributed by atoms with E-state index >= 15 is 0 Å². The van der Waals surface area contributed by atoms with Crippen molar-refractivity contribution in [3.63, 3.8) is 0 Å². The van der Waals surface area contributed by atoms with Gasteiger partial charge >= 0.3 is 0 Å². The van der Waals surface area contributed by atoms with E-state index in [1.807, 2.05) is 19.1 Å². The Balaban J connectivity index is 0.00000225. The zero-order valence-corrected chi connectivity index (χ0v) is 16.8. The predicted molar refractivity (Wildman–Crippen MR) is 107 cm³/mol. The SMILES string of the molecule is CC(=O)N(CCCN1CCOCC1)c1nc2c(C)cc(Cl)cc2s1.Cl. The Morgan fingerprint density at radius 1 is 1.40 bits per heavy atom. The Morgan fingerprint density at radius 3 is 2.80 bits per heavy atom. The molecule has 1 saturated heterocycles. The highest BCUT2D eigenvalue weighted by Gasteiger charge is 2.18. The van der Waals surface area contributed by atoms with Crippen LogP contribution >= 0.6 is 35.3 Å². The van der Waals surface area contributed by atoms with Crippen molar-refractivity contribution in [2.75, 3.05) is 44.3 Å². The molecule has 2 aromatic rings. The molecule has 0 N–H and O–H groups in total. The number of carbonyl (C=O) groups is 1. The Hall–Kier alpha value is -0.920. The van der Waals surface area contributed by atoms with E-state index in [4.69, 9.17) is 16.3 Å². The largest absolute Gasteiger partial charge is 0.379 e. The summed E-state index contributed by atoms with van der Waals surface area (Å²) in [6.45, 7) is 8.79. The van der Waals surface area contributed by atoms with Gasteiger partial charge in [0.2, 0.25) is 5.91 Å². The number of carbonyl (C=O) groups excluding carboxylic acids is 1. The van der Waals surface area contributed by atoms with Gasteiger partial charge in [0.1, 0.15) is 0 Å². The van der Waals surface area contributed by atoms with E-state index in [0.717, 1.165) is 60.2 Å². The number of hydrogen-bond donors (Lipinski definition) is 0. The number of anilines is 1. The van der Waals surface area contributed by atoms with Crippen LogP contribution in [0.2, 0.25) is 5.02 Å². The Morgan fingerprint density at radius 2 is 2.12 bits per heavy atom. The second-order valence-corrected chi connectivity index (χ2v) is 7.49. The number of benzene rings is 1. The molecule has 2 heterocycles. The van der Waals surface area contributed by atoms with Crippen LogP contribution in [0.15, 0.2) is 12.1 Å². The average molecular weight is 404 g/mol. The minimum Gasteiger partial charge on any atom is -0.379 e. The molecule has 1 amide bonds. The summed E-state index contributed by atoms with van der Waals surface area (Å²) in [4.78, 5) is 20.9. The Bertz CT molecular complexity index is 732. The van der Waals surface area contributed by atoms with Gasteiger partial charge in [-0.2, -0.15) is 0 Å². The highest BCUT2D eigenvalue weighted by atomic mass is 35.5. The second kappa shape index (κ2) is 9.14. The van der Waals surface area contributed by atoms with Crippen molar-refractivity contribution >= 4 is 56.6 Å². The Labute approximate surface area is 163 Å². The van der Waals surface area contributed by atoms with Crippen molar-refractivity contribution in [2.45, 2.75) is 20.3 Å².